The van der Waals surface area contributed by atoms with Crippen LogP contribution >= 0.6 is 0 Å². The first-order chi connectivity index (χ1) is 17.3. The Bertz CT molecular complexity index is 1560. The first-order valence-corrected chi connectivity index (χ1v) is 12.7. The molecule has 0 fully saturated rings. The predicted molar refractivity (Wildman–Crippen MR) is 131 cm³/mol. The molecule has 0 amide bonds. The highest BCUT2D eigenvalue weighted by molar-refractivity contribution is 7.92. The molecule has 1 aliphatic rings. The molecule has 0 spiro atoms. The minimum Gasteiger partial charge on any atom is -0.423 e. The summed E-state index contributed by atoms with van der Waals surface area (Å²) in [6.07, 6.45) is -3.52. The minimum absolute atomic E-state index is 0.0398. The molecule has 3 heterocycles. The van der Waals surface area contributed by atoms with Gasteiger partial charge in [0.25, 0.3) is 10.0 Å². The van der Waals surface area contributed by atoms with Gasteiger partial charge in [0.05, 0.1) is 22.8 Å². The van der Waals surface area contributed by atoms with Gasteiger partial charge in [0.2, 0.25) is 12.3 Å². The first-order valence-electron chi connectivity index (χ1n) is 11.2. The van der Waals surface area contributed by atoms with Crippen molar-refractivity contribution in [2.45, 2.75) is 43.8 Å². The molecule has 0 saturated heterocycles. The molecule has 0 atom stereocenters. The van der Waals surface area contributed by atoms with Gasteiger partial charge in [-0.2, -0.15) is 13.2 Å². The van der Waals surface area contributed by atoms with Gasteiger partial charge >= 0.3 is 6.18 Å². The summed E-state index contributed by atoms with van der Waals surface area (Å²) in [4.78, 5) is 3.78. The Hall–Kier alpha value is -3.93. The molecule has 1 N–H and O–H groups in total. The molecular formula is C25H22F3N5O3S. The van der Waals surface area contributed by atoms with E-state index in [1.165, 1.54) is 30.3 Å². The van der Waals surface area contributed by atoms with Gasteiger partial charge in [-0.3, -0.25) is 4.31 Å². The van der Waals surface area contributed by atoms with E-state index in [-0.39, 0.29) is 45.5 Å². The van der Waals surface area contributed by atoms with Gasteiger partial charge in [0, 0.05) is 11.1 Å². The van der Waals surface area contributed by atoms with Gasteiger partial charge in [-0.05, 0) is 47.4 Å². The highest BCUT2D eigenvalue weighted by atomic mass is 32.2. The SMILES string of the molecule is CC(C)(C)c1ccc(S(=O)(=O)N2Cc3ccc(C(F)(F)F)nc3Nc3ccc(-c4nnco4)cc32)cc1. The van der Waals surface area contributed by atoms with E-state index < -0.39 is 21.9 Å². The topological polar surface area (TPSA) is 101 Å². The molecule has 12 heteroatoms. The molecule has 0 unspecified atom stereocenters. The maximum Gasteiger partial charge on any atom is 0.433 e. The van der Waals surface area contributed by atoms with Gasteiger partial charge in [-0.25, -0.2) is 13.4 Å². The molecule has 0 saturated carbocycles. The number of hydrogen-bond donors (Lipinski definition) is 1. The van der Waals surface area contributed by atoms with E-state index in [1.54, 1.807) is 18.2 Å². The second-order valence-corrected chi connectivity index (χ2v) is 11.5. The molecule has 192 valence electrons. The van der Waals surface area contributed by atoms with E-state index in [2.05, 4.69) is 20.5 Å². The Morgan fingerprint density at radius 3 is 2.35 bits per heavy atom. The zero-order valence-electron chi connectivity index (χ0n) is 20.0. The third-order valence-electron chi connectivity index (χ3n) is 6.02. The molecule has 4 aromatic rings. The largest absolute Gasteiger partial charge is 0.433 e. The molecule has 8 nitrogen and oxygen atoms in total. The van der Waals surface area contributed by atoms with Crippen molar-refractivity contribution in [2.75, 3.05) is 9.62 Å². The summed E-state index contributed by atoms with van der Waals surface area (Å²) in [5.74, 6) is 0.0799. The maximum atomic E-state index is 13.9. The number of anilines is 3. The number of halogens is 3. The zero-order chi connectivity index (χ0) is 26.6. The summed E-state index contributed by atoms with van der Waals surface area (Å²) in [6.45, 7) is 5.80. The van der Waals surface area contributed by atoms with Crippen LogP contribution < -0.4 is 9.62 Å². The van der Waals surface area contributed by atoms with Gasteiger partial charge in [-0.15, -0.1) is 10.2 Å². The second-order valence-electron chi connectivity index (χ2n) is 9.59. The monoisotopic (exact) mass is 529 g/mol. The number of alkyl halides is 3. The molecule has 0 aliphatic carbocycles. The van der Waals surface area contributed by atoms with Crippen LogP contribution in [0.1, 0.15) is 37.6 Å². The first kappa shape index (κ1) is 24.8. The van der Waals surface area contributed by atoms with Gasteiger partial charge < -0.3 is 9.73 Å². The van der Waals surface area contributed by atoms with Crippen molar-refractivity contribution in [3.63, 3.8) is 0 Å². The van der Waals surface area contributed by atoms with Crippen LogP contribution in [0, 0.1) is 0 Å². The Morgan fingerprint density at radius 1 is 1.00 bits per heavy atom. The lowest BCUT2D eigenvalue weighted by atomic mass is 9.87. The Balaban J connectivity index is 1.67. The Morgan fingerprint density at radius 2 is 1.73 bits per heavy atom. The molecule has 37 heavy (non-hydrogen) atoms. The summed E-state index contributed by atoms with van der Waals surface area (Å²) < 4.78 is 74.3. The second kappa shape index (κ2) is 8.58. The van der Waals surface area contributed by atoms with Crippen LogP contribution in [0.5, 0.6) is 0 Å². The van der Waals surface area contributed by atoms with Crippen LogP contribution in [0.3, 0.4) is 0 Å². The summed E-state index contributed by atoms with van der Waals surface area (Å²) in [7, 11) is -4.15. The van der Waals surface area contributed by atoms with Crippen molar-refractivity contribution in [1.29, 1.82) is 0 Å². The van der Waals surface area contributed by atoms with Crippen molar-refractivity contribution in [3.05, 3.63) is 77.8 Å². The lowest BCUT2D eigenvalue weighted by molar-refractivity contribution is -0.141. The van der Waals surface area contributed by atoms with Crippen LogP contribution in [0.2, 0.25) is 0 Å². The zero-order valence-corrected chi connectivity index (χ0v) is 20.9. The van der Waals surface area contributed by atoms with Crippen LogP contribution in [0.25, 0.3) is 11.5 Å². The highest BCUT2D eigenvalue weighted by Crippen LogP contribution is 2.41. The molecule has 1 aliphatic heterocycles. The molecule has 2 aromatic heterocycles. The Kier molecular flexibility index (Phi) is 5.74. The number of pyridine rings is 1. The number of benzene rings is 2. The van der Waals surface area contributed by atoms with Crippen LogP contribution in [-0.2, 0) is 28.2 Å². The Labute approximate surface area is 211 Å². The molecule has 0 bridgehead atoms. The van der Waals surface area contributed by atoms with Crippen molar-refractivity contribution < 1.29 is 26.0 Å². The average molecular weight is 530 g/mol. The van der Waals surface area contributed by atoms with E-state index in [9.17, 15) is 21.6 Å². The quantitative estimate of drug-likeness (QED) is 0.353. The lowest BCUT2D eigenvalue weighted by Gasteiger charge is -2.25. The number of fused-ring (bicyclic) bond motifs is 2. The fourth-order valence-corrected chi connectivity index (χ4v) is 5.45. The van der Waals surface area contributed by atoms with Gasteiger partial charge in [-0.1, -0.05) is 39.0 Å². The number of nitrogens with one attached hydrogen (secondary N) is 1. The third kappa shape index (κ3) is 4.64. The van der Waals surface area contributed by atoms with Gasteiger partial charge in [0.15, 0.2) is 0 Å². The maximum absolute atomic E-state index is 13.9. The lowest BCUT2D eigenvalue weighted by Crippen LogP contribution is -2.30. The summed E-state index contributed by atoms with van der Waals surface area (Å²) in [5, 5.41) is 10.4. The van der Waals surface area contributed by atoms with Crippen molar-refractivity contribution in [1.82, 2.24) is 15.2 Å². The van der Waals surface area contributed by atoms with E-state index >= 15 is 0 Å². The normalized spacial score (nSPS) is 13.9. The molecular weight excluding hydrogens is 507 g/mol. The van der Waals surface area contributed by atoms with Crippen LogP contribution in [0.4, 0.5) is 30.4 Å². The minimum atomic E-state index is -4.66. The van der Waals surface area contributed by atoms with E-state index in [4.69, 9.17) is 4.42 Å². The van der Waals surface area contributed by atoms with Crippen molar-refractivity contribution in [2.24, 2.45) is 0 Å². The van der Waals surface area contributed by atoms with E-state index in [0.29, 0.717) is 5.56 Å². The van der Waals surface area contributed by atoms with Crippen molar-refractivity contribution in [3.8, 4) is 11.5 Å². The molecule has 0 radical (unpaired) electrons. The van der Waals surface area contributed by atoms with Crippen LogP contribution in [0.15, 0.2) is 70.3 Å². The van der Waals surface area contributed by atoms with E-state index in [1.807, 2.05) is 20.8 Å². The van der Waals surface area contributed by atoms with Crippen LogP contribution in [-0.4, -0.2) is 23.6 Å². The van der Waals surface area contributed by atoms with Gasteiger partial charge in [0.1, 0.15) is 11.5 Å². The number of rotatable bonds is 3. The smallest absolute Gasteiger partial charge is 0.423 e. The summed E-state index contributed by atoms with van der Waals surface area (Å²) in [5.41, 5.74) is 0.857. The third-order valence-corrected chi connectivity index (χ3v) is 7.79. The van der Waals surface area contributed by atoms with E-state index in [0.717, 1.165) is 22.3 Å². The number of nitrogens with zero attached hydrogens (tertiary/aromatic N) is 4. The number of sulfonamides is 1. The highest BCUT2D eigenvalue weighted by Gasteiger charge is 2.36. The fourth-order valence-electron chi connectivity index (χ4n) is 3.99. The molecule has 5 rings (SSSR count). The summed E-state index contributed by atoms with van der Waals surface area (Å²) in [6, 6.07) is 13.3. The average Bonchev–Trinajstić information content (AvgIpc) is 3.31. The van der Waals surface area contributed by atoms with Crippen molar-refractivity contribution >= 4 is 27.2 Å². The fraction of sp³-hybridized carbons (Fsp3) is 0.240. The number of hydrogen-bond acceptors (Lipinski definition) is 7. The standard InChI is InChI=1S/C25H22F3N5O3S/c1-24(2,3)17-6-8-18(9-7-17)37(34,35)33-13-16-5-11-21(25(26,27)28)31-22(16)30-19-10-4-15(12-20(19)33)23-32-29-14-36-23/h4-12,14H,13H2,1-3H3,(H,30,31). The summed E-state index contributed by atoms with van der Waals surface area (Å²) >= 11 is 0. The predicted octanol–water partition coefficient (Wildman–Crippen LogP) is 5.90. The molecule has 2 aromatic carbocycles. The number of aromatic nitrogens is 3.